The first-order valence-corrected chi connectivity index (χ1v) is 10.7. The summed E-state index contributed by atoms with van der Waals surface area (Å²) in [7, 11) is -4.02. The highest BCUT2D eigenvalue weighted by Crippen LogP contribution is 2.13. The Kier molecular flexibility index (Phi) is 7.47. The van der Waals surface area contributed by atoms with Crippen LogP contribution in [0, 0.1) is 6.92 Å². The zero-order valence-electron chi connectivity index (χ0n) is 17.1. The number of rotatable bonds is 8. The topological polar surface area (TPSA) is 119 Å². The maximum atomic E-state index is 12.4. The summed E-state index contributed by atoms with van der Waals surface area (Å²) in [5.74, 6) is -1.63. The number of ether oxygens (including phenoxy) is 1. The van der Waals surface area contributed by atoms with Crippen LogP contribution >= 0.6 is 0 Å². The van der Waals surface area contributed by atoms with E-state index in [1.54, 1.807) is 18.2 Å². The van der Waals surface area contributed by atoms with Gasteiger partial charge in [-0.15, -0.1) is 0 Å². The number of aryl methyl sites for hydroxylation is 1. The van der Waals surface area contributed by atoms with Gasteiger partial charge in [0.1, 0.15) is 6.04 Å². The maximum absolute atomic E-state index is 12.4. The lowest BCUT2D eigenvalue weighted by molar-refractivity contribution is -0.154. The SMILES string of the molecule is CC(=O)c1ccc(S(=O)(=O)N[C@@H](C)C(=O)O[C@H](C)C(=O)Nc2cccc(C)c2)cc1. The van der Waals surface area contributed by atoms with E-state index in [0.29, 0.717) is 11.3 Å². The van der Waals surface area contributed by atoms with Gasteiger partial charge in [-0.3, -0.25) is 14.4 Å². The first-order valence-electron chi connectivity index (χ1n) is 9.21. The third-order valence-electron chi connectivity index (χ3n) is 4.20. The number of sulfonamides is 1. The minimum atomic E-state index is -4.02. The molecular weight excluding hydrogens is 408 g/mol. The van der Waals surface area contributed by atoms with Gasteiger partial charge in [-0.25, -0.2) is 8.42 Å². The van der Waals surface area contributed by atoms with Crippen molar-refractivity contribution < 1.29 is 27.5 Å². The van der Waals surface area contributed by atoms with Gasteiger partial charge in [0.15, 0.2) is 11.9 Å². The summed E-state index contributed by atoms with van der Waals surface area (Å²) >= 11 is 0. The van der Waals surface area contributed by atoms with Crippen LogP contribution in [0.15, 0.2) is 53.4 Å². The normalized spacial score (nSPS) is 13.2. The van der Waals surface area contributed by atoms with Crippen molar-refractivity contribution in [3.8, 4) is 0 Å². The largest absolute Gasteiger partial charge is 0.451 e. The number of esters is 1. The molecule has 0 aliphatic carbocycles. The third kappa shape index (κ3) is 6.23. The molecule has 0 bridgehead atoms. The van der Waals surface area contributed by atoms with Crippen LogP contribution in [0.5, 0.6) is 0 Å². The first-order chi connectivity index (χ1) is 14.0. The lowest BCUT2D eigenvalue weighted by Crippen LogP contribution is -2.42. The Morgan fingerprint density at radius 3 is 2.20 bits per heavy atom. The molecule has 0 aliphatic heterocycles. The standard InChI is InChI=1S/C21H24N2O6S/c1-13-6-5-7-18(12-13)22-20(25)16(4)29-21(26)14(2)23-30(27,28)19-10-8-17(9-11-19)15(3)24/h5-12,14,16,23H,1-4H3,(H,22,25)/t14-,16+/m0/s1. The molecule has 0 aromatic heterocycles. The second-order valence-corrected chi connectivity index (χ2v) is 8.58. The fraction of sp³-hybridized carbons (Fsp3) is 0.286. The Hall–Kier alpha value is -3.04. The van der Waals surface area contributed by atoms with Crippen LogP contribution in [0.3, 0.4) is 0 Å². The van der Waals surface area contributed by atoms with Crippen molar-refractivity contribution in [3.05, 3.63) is 59.7 Å². The van der Waals surface area contributed by atoms with Gasteiger partial charge in [-0.05, 0) is 57.5 Å². The molecule has 0 saturated carbocycles. The molecule has 2 rings (SSSR count). The van der Waals surface area contributed by atoms with E-state index in [1.165, 1.54) is 45.0 Å². The predicted molar refractivity (Wildman–Crippen MR) is 112 cm³/mol. The van der Waals surface area contributed by atoms with Gasteiger partial charge >= 0.3 is 5.97 Å². The van der Waals surface area contributed by atoms with E-state index in [-0.39, 0.29) is 10.7 Å². The molecule has 2 aromatic rings. The molecule has 2 aromatic carbocycles. The second-order valence-electron chi connectivity index (χ2n) is 6.86. The highest BCUT2D eigenvalue weighted by molar-refractivity contribution is 7.89. The number of carbonyl (C=O) groups excluding carboxylic acids is 3. The monoisotopic (exact) mass is 432 g/mol. The van der Waals surface area contributed by atoms with E-state index in [9.17, 15) is 22.8 Å². The fourth-order valence-electron chi connectivity index (χ4n) is 2.51. The molecule has 160 valence electrons. The Balaban J connectivity index is 1.97. The smallest absolute Gasteiger partial charge is 0.324 e. The quantitative estimate of drug-likeness (QED) is 0.489. The molecule has 1 amide bonds. The number of ketones is 1. The van der Waals surface area contributed by atoms with Gasteiger partial charge in [0.2, 0.25) is 10.0 Å². The van der Waals surface area contributed by atoms with Crippen LogP contribution in [0.4, 0.5) is 5.69 Å². The van der Waals surface area contributed by atoms with Crippen LogP contribution < -0.4 is 10.0 Å². The van der Waals surface area contributed by atoms with E-state index in [1.807, 2.05) is 13.0 Å². The molecule has 8 nitrogen and oxygen atoms in total. The predicted octanol–water partition coefficient (Wildman–Crippen LogP) is 2.43. The highest BCUT2D eigenvalue weighted by atomic mass is 32.2. The average molecular weight is 432 g/mol. The van der Waals surface area contributed by atoms with Crippen LogP contribution in [-0.4, -0.2) is 38.2 Å². The van der Waals surface area contributed by atoms with Crippen LogP contribution in [-0.2, 0) is 24.3 Å². The molecule has 9 heteroatoms. The van der Waals surface area contributed by atoms with Gasteiger partial charge in [-0.1, -0.05) is 24.3 Å². The Morgan fingerprint density at radius 2 is 1.63 bits per heavy atom. The summed E-state index contributed by atoms with van der Waals surface area (Å²) in [6, 6.07) is 11.2. The second kappa shape index (κ2) is 9.64. The van der Waals surface area contributed by atoms with E-state index >= 15 is 0 Å². The van der Waals surface area contributed by atoms with Crippen molar-refractivity contribution >= 4 is 33.4 Å². The van der Waals surface area contributed by atoms with Crippen molar-refractivity contribution in [2.24, 2.45) is 0 Å². The summed E-state index contributed by atoms with van der Waals surface area (Å²) < 4.78 is 32.2. The summed E-state index contributed by atoms with van der Waals surface area (Å²) in [4.78, 5) is 35.7. The number of hydrogen-bond donors (Lipinski definition) is 2. The Bertz CT molecular complexity index is 1050. The number of nitrogens with one attached hydrogen (secondary N) is 2. The molecule has 0 unspecified atom stereocenters. The number of amides is 1. The van der Waals surface area contributed by atoms with Crippen molar-refractivity contribution in [3.63, 3.8) is 0 Å². The number of hydrogen-bond acceptors (Lipinski definition) is 6. The molecule has 0 aliphatic rings. The summed E-state index contributed by atoms with van der Waals surface area (Å²) in [6.07, 6.45) is -1.13. The Morgan fingerprint density at radius 1 is 1.00 bits per heavy atom. The number of Topliss-reactive ketones (excluding diaryl/α,β-unsaturated/α-hetero) is 1. The molecule has 0 saturated heterocycles. The van der Waals surface area contributed by atoms with E-state index in [2.05, 4.69) is 10.0 Å². The highest BCUT2D eigenvalue weighted by Gasteiger charge is 2.26. The third-order valence-corrected chi connectivity index (χ3v) is 5.76. The van der Waals surface area contributed by atoms with Crippen molar-refractivity contribution in [1.29, 1.82) is 0 Å². The summed E-state index contributed by atoms with van der Waals surface area (Å²) in [5, 5.41) is 2.63. The van der Waals surface area contributed by atoms with Gasteiger partial charge in [0, 0.05) is 11.3 Å². The van der Waals surface area contributed by atoms with Crippen molar-refractivity contribution in [1.82, 2.24) is 4.72 Å². The van der Waals surface area contributed by atoms with Crippen molar-refractivity contribution in [2.75, 3.05) is 5.32 Å². The zero-order valence-corrected chi connectivity index (χ0v) is 17.9. The van der Waals surface area contributed by atoms with Crippen LogP contribution in [0.25, 0.3) is 0 Å². The van der Waals surface area contributed by atoms with Crippen LogP contribution in [0.1, 0.15) is 36.7 Å². The number of benzene rings is 2. The summed E-state index contributed by atoms with van der Waals surface area (Å²) in [5.41, 5.74) is 1.89. The average Bonchev–Trinajstić information content (AvgIpc) is 2.67. The minimum Gasteiger partial charge on any atom is -0.451 e. The van der Waals surface area contributed by atoms with Crippen molar-refractivity contribution in [2.45, 2.75) is 44.7 Å². The molecule has 0 heterocycles. The first kappa shape index (κ1) is 23.2. The number of anilines is 1. The molecule has 2 atom stereocenters. The number of carbonyl (C=O) groups is 3. The molecule has 0 radical (unpaired) electrons. The molecular formula is C21H24N2O6S. The van der Waals surface area contributed by atoms with Gasteiger partial charge in [0.05, 0.1) is 4.90 Å². The molecule has 2 N–H and O–H groups in total. The lowest BCUT2D eigenvalue weighted by atomic mass is 10.2. The van der Waals surface area contributed by atoms with Gasteiger partial charge in [-0.2, -0.15) is 4.72 Å². The van der Waals surface area contributed by atoms with Gasteiger partial charge < -0.3 is 10.1 Å². The maximum Gasteiger partial charge on any atom is 0.324 e. The van der Waals surface area contributed by atoms with E-state index < -0.39 is 34.0 Å². The molecule has 30 heavy (non-hydrogen) atoms. The van der Waals surface area contributed by atoms with E-state index in [0.717, 1.165) is 5.56 Å². The lowest BCUT2D eigenvalue weighted by Gasteiger charge is -2.18. The zero-order chi connectivity index (χ0) is 22.5. The van der Waals surface area contributed by atoms with Crippen LogP contribution in [0.2, 0.25) is 0 Å². The Labute approximate surface area is 175 Å². The fourth-order valence-corrected chi connectivity index (χ4v) is 3.71. The van der Waals surface area contributed by atoms with E-state index in [4.69, 9.17) is 4.74 Å². The minimum absolute atomic E-state index is 0.0996. The summed E-state index contributed by atoms with van der Waals surface area (Å²) in [6.45, 7) is 5.95. The molecule has 0 spiro atoms. The van der Waals surface area contributed by atoms with Gasteiger partial charge in [0.25, 0.3) is 5.91 Å². The molecule has 0 fully saturated rings.